The second-order valence-corrected chi connectivity index (χ2v) is 5.64. The van der Waals surface area contributed by atoms with Crippen LogP contribution in [-0.4, -0.2) is 52.8 Å². The van der Waals surface area contributed by atoms with E-state index in [1.807, 2.05) is 6.92 Å². The van der Waals surface area contributed by atoms with E-state index in [-0.39, 0.29) is 22.0 Å². The zero-order valence-corrected chi connectivity index (χ0v) is 13.3. The summed E-state index contributed by atoms with van der Waals surface area (Å²) in [5.74, 6) is -0.00707. The van der Waals surface area contributed by atoms with Crippen molar-refractivity contribution in [3.8, 4) is 0 Å². The summed E-state index contributed by atoms with van der Waals surface area (Å²) < 4.78 is 0. The molecule has 0 N–H and O–H groups in total. The summed E-state index contributed by atoms with van der Waals surface area (Å²) in [6.07, 6.45) is 2.69. The predicted molar refractivity (Wildman–Crippen MR) is 81.6 cm³/mol. The molecule has 0 saturated carbocycles. The first kappa shape index (κ1) is 16.0. The molecule has 5 nitrogen and oxygen atoms in total. The van der Waals surface area contributed by atoms with Crippen LogP contribution in [0.1, 0.15) is 30.1 Å². The summed E-state index contributed by atoms with van der Waals surface area (Å²) in [4.78, 5) is 31.6. The van der Waals surface area contributed by atoms with Crippen LogP contribution in [0.5, 0.6) is 0 Å². The predicted octanol–water partition coefficient (Wildman–Crippen LogP) is 2.47. The highest BCUT2D eigenvalue weighted by Gasteiger charge is 2.22. The number of carbonyl (C=O) groups is 2. The van der Waals surface area contributed by atoms with Crippen LogP contribution in [0.4, 0.5) is 0 Å². The van der Waals surface area contributed by atoms with Crippen molar-refractivity contribution < 1.29 is 9.59 Å². The molecule has 1 aromatic heterocycles. The van der Waals surface area contributed by atoms with E-state index in [2.05, 4.69) is 4.98 Å². The van der Waals surface area contributed by atoms with Crippen molar-refractivity contribution in [2.24, 2.45) is 0 Å². The molecule has 1 aromatic rings. The van der Waals surface area contributed by atoms with Crippen LogP contribution in [0.3, 0.4) is 0 Å². The molecule has 0 unspecified atom stereocenters. The molecule has 0 radical (unpaired) electrons. The molecule has 114 valence electrons. The number of nitrogens with zero attached hydrogens (tertiary/aromatic N) is 3. The summed E-state index contributed by atoms with van der Waals surface area (Å²) in [6, 6.07) is 1.53. The molecule has 0 aromatic carbocycles. The Kier molecular flexibility index (Phi) is 5.42. The van der Waals surface area contributed by atoms with Gasteiger partial charge in [0.1, 0.15) is 5.15 Å². The Bertz CT molecular complexity index is 551. The lowest BCUT2D eigenvalue weighted by Crippen LogP contribution is -2.37. The van der Waals surface area contributed by atoms with Crippen molar-refractivity contribution in [3.05, 3.63) is 28.0 Å². The van der Waals surface area contributed by atoms with Crippen LogP contribution >= 0.6 is 23.2 Å². The molecular formula is C14H17Cl2N3O2. The van der Waals surface area contributed by atoms with Gasteiger partial charge in [-0.2, -0.15) is 0 Å². The third-order valence-electron chi connectivity index (χ3n) is 3.48. The van der Waals surface area contributed by atoms with Gasteiger partial charge in [-0.05, 0) is 12.5 Å². The van der Waals surface area contributed by atoms with E-state index in [1.54, 1.807) is 9.80 Å². The van der Waals surface area contributed by atoms with Gasteiger partial charge in [-0.25, -0.2) is 4.98 Å². The van der Waals surface area contributed by atoms with Gasteiger partial charge in [0.05, 0.1) is 10.6 Å². The number of halogens is 2. The first-order chi connectivity index (χ1) is 10.0. The highest BCUT2D eigenvalue weighted by Crippen LogP contribution is 2.21. The number of hydrogen-bond donors (Lipinski definition) is 0. The summed E-state index contributed by atoms with van der Waals surface area (Å²) in [5.41, 5.74) is 0.416. The van der Waals surface area contributed by atoms with Crippen LogP contribution < -0.4 is 0 Å². The standard InChI is InChI=1S/C14H17Cl2N3O2/c1-2-12(20)18-4-3-5-19(7-6-18)14(21)10-8-11(15)13(16)17-9-10/h8-9H,2-7H2,1H3. The average molecular weight is 330 g/mol. The Morgan fingerprint density at radius 3 is 2.52 bits per heavy atom. The first-order valence-corrected chi connectivity index (χ1v) is 7.66. The van der Waals surface area contributed by atoms with Gasteiger partial charge in [-0.3, -0.25) is 9.59 Å². The maximum absolute atomic E-state index is 12.4. The number of amides is 2. The molecule has 0 bridgehead atoms. The normalized spacial score (nSPS) is 15.8. The molecule has 1 aliphatic heterocycles. The third kappa shape index (κ3) is 3.86. The number of carbonyl (C=O) groups excluding carboxylic acids is 2. The van der Waals surface area contributed by atoms with E-state index >= 15 is 0 Å². The van der Waals surface area contributed by atoms with Crippen LogP contribution in [0.15, 0.2) is 12.3 Å². The van der Waals surface area contributed by atoms with E-state index < -0.39 is 0 Å². The maximum Gasteiger partial charge on any atom is 0.255 e. The SMILES string of the molecule is CCC(=O)N1CCCN(C(=O)c2cnc(Cl)c(Cl)c2)CC1. The Labute approximate surface area is 133 Å². The minimum Gasteiger partial charge on any atom is -0.341 e. The van der Waals surface area contributed by atoms with Gasteiger partial charge in [-0.1, -0.05) is 30.1 Å². The van der Waals surface area contributed by atoms with Crippen molar-refractivity contribution in [2.75, 3.05) is 26.2 Å². The second kappa shape index (κ2) is 7.09. The monoisotopic (exact) mass is 329 g/mol. The molecule has 1 fully saturated rings. The van der Waals surface area contributed by atoms with E-state index in [4.69, 9.17) is 23.2 Å². The molecule has 0 spiro atoms. The molecule has 2 rings (SSSR count). The lowest BCUT2D eigenvalue weighted by molar-refractivity contribution is -0.130. The fraction of sp³-hybridized carbons (Fsp3) is 0.500. The van der Waals surface area contributed by atoms with Gasteiger partial charge < -0.3 is 9.80 Å². The van der Waals surface area contributed by atoms with E-state index in [0.29, 0.717) is 38.2 Å². The fourth-order valence-electron chi connectivity index (χ4n) is 2.31. The lowest BCUT2D eigenvalue weighted by Gasteiger charge is -2.22. The number of rotatable bonds is 2. The zero-order chi connectivity index (χ0) is 15.4. The van der Waals surface area contributed by atoms with Gasteiger partial charge >= 0.3 is 0 Å². The molecule has 0 atom stereocenters. The largest absolute Gasteiger partial charge is 0.341 e. The Hall–Kier alpha value is -1.33. The quantitative estimate of drug-likeness (QED) is 0.783. The molecule has 2 amide bonds. The smallest absolute Gasteiger partial charge is 0.255 e. The van der Waals surface area contributed by atoms with E-state index in [9.17, 15) is 9.59 Å². The molecule has 2 heterocycles. The topological polar surface area (TPSA) is 53.5 Å². The van der Waals surface area contributed by atoms with Crippen LogP contribution in [-0.2, 0) is 4.79 Å². The van der Waals surface area contributed by atoms with Crippen molar-refractivity contribution in [2.45, 2.75) is 19.8 Å². The van der Waals surface area contributed by atoms with Crippen molar-refractivity contribution in [1.29, 1.82) is 0 Å². The van der Waals surface area contributed by atoms with Gasteiger partial charge in [-0.15, -0.1) is 0 Å². The Morgan fingerprint density at radius 2 is 1.86 bits per heavy atom. The second-order valence-electron chi connectivity index (χ2n) is 4.88. The maximum atomic E-state index is 12.4. The molecule has 1 saturated heterocycles. The van der Waals surface area contributed by atoms with Crippen LogP contribution in [0, 0.1) is 0 Å². The summed E-state index contributed by atoms with van der Waals surface area (Å²) >= 11 is 11.6. The minimum atomic E-state index is -0.133. The van der Waals surface area contributed by atoms with Gasteiger partial charge in [0, 0.05) is 38.8 Å². The third-order valence-corrected chi connectivity index (χ3v) is 4.17. The fourth-order valence-corrected chi connectivity index (χ4v) is 2.58. The Morgan fingerprint density at radius 1 is 1.19 bits per heavy atom. The van der Waals surface area contributed by atoms with Gasteiger partial charge in [0.25, 0.3) is 5.91 Å². The zero-order valence-electron chi connectivity index (χ0n) is 11.8. The van der Waals surface area contributed by atoms with Crippen molar-refractivity contribution in [1.82, 2.24) is 14.8 Å². The highest BCUT2D eigenvalue weighted by atomic mass is 35.5. The van der Waals surface area contributed by atoms with Crippen LogP contribution in [0.2, 0.25) is 10.2 Å². The van der Waals surface area contributed by atoms with E-state index in [1.165, 1.54) is 12.3 Å². The number of pyridine rings is 1. The summed E-state index contributed by atoms with van der Waals surface area (Å²) in [6.45, 7) is 4.23. The summed E-state index contributed by atoms with van der Waals surface area (Å²) in [7, 11) is 0. The lowest BCUT2D eigenvalue weighted by atomic mass is 10.2. The minimum absolute atomic E-state index is 0.125. The number of hydrogen-bond acceptors (Lipinski definition) is 3. The van der Waals surface area contributed by atoms with Crippen LogP contribution in [0.25, 0.3) is 0 Å². The van der Waals surface area contributed by atoms with E-state index in [0.717, 1.165) is 6.42 Å². The van der Waals surface area contributed by atoms with Gasteiger partial charge in [0.2, 0.25) is 5.91 Å². The molecule has 1 aliphatic rings. The van der Waals surface area contributed by atoms with Crippen molar-refractivity contribution in [3.63, 3.8) is 0 Å². The summed E-state index contributed by atoms with van der Waals surface area (Å²) in [5, 5.41) is 0.448. The number of aromatic nitrogens is 1. The molecular weight excluding hydrogens is 313 g/mol. The molecule has 7 heteroatoms. The van der Waals surface area contributed by atoms with Gasteiger partial charge in [0.15, 0.2) is 0 Å². The first-order valence-electron chi connectivity index (χ1n) is 6.91. The average Bonchev–Trinajstić information content (AvgIpc) is 2.74. The Balaban J connectivity index is 2.06. The molecule has 0 aliphatic carbocycles. The highest BCUT2D eigenvalue weighted by molar-refractivity contribution is 6.41. The van der Waals surface area contributed by atoms with Crippen molar-refractivity contribution >= 4 is 35.0 Å². The molecule has 21 heavy (non-hydrogen) atoms.